The van der Waals surface area contributed by atoms with Gasteiger partial charge in [-0.2, -0.15) is 0 Å². The van der Waals surface area contributed by atoms with E-state index in [1.54, 1.807) is 6.92 Å². The zero-order valence-corrected chi connectivity index (χ0v) is 8.43. The van der Waals surface area contributed by atoms with E-state index in [2.05, 4.69) is 10.3 Å². The molecule has 0 saturated carbocycles. The fourth-order valence-corrected chi connectivity index (χ4v) is 1.03. The summed E-state index contributed by atoms with van der Waals surface area (Å²) >= 11 is 0. The van der Waals surface area contributed by atoms with Gasteiger partial charge < -0.3 is 4.43 Å². The molecule has 66 valence electrons. The molecule has 0 unspecified atom stereocenters. The molecule has 4 nitrogen and oxygen atoms in total. The zero-order valence-electron chi connectivity index (χ0n) is 7.43. The van der Waals surface area contributed by atoms with Crippen molar-refractivity contribution in [2.24, 2.45) is 0 Å². The number of carbonyl (C=O) groups is 1. The Morgan fingerprint density at radius 2 is 2.00 bits per heavy atom. The third-order valence-electron chi connectivity index (χ3n) is 0.699. The molecule has 0 aliphatic heterocycles. The SMILES string of the molecule is CCONC(=O)O[Si](C)(C)C. The monoisotopic (exact) mass is 177 g/mol. The van der Waals surface area contributed by atoms with Gasteiger partial charge in [0.05, 0.1) is 6.61 Å². The van der Waals surface area contributed by atoms with Crippen molar-refractivity contribution in [3.8, 4) is 0 Å². The molecule has 0 rings (SSSR count). The average molecular weight is 177 g/mol. The second-order valence-electron chi connectivity index (χ2n) is 3.04. The van der Waals surface area contributed by atoms with E-state index in [1.165, 1.54) is 0 Å². The number of carbonyl (C=O) groups excluding carboxylic acids is 1. The fourth-order valence-electron chi connectivity index (χ4n) is 0.430. The van der Waals surface area contributed by atoms with Gasteiger partial charge in [0.2, 0.25) is 8.32 Å². The number of nitrogens with one attached hydrogen (secondary N) is 1. The van der Waals surface area contributed by atoms with Crippen LogP contribution in [0.4, 0.5) is 4.79 Å². The molecule has 0 spiro atoms. The van der Waals surface area contributed by atoms with Crippen molar-refractivity contribution in [1.29, 1.82) is 0 Å². The van der Waals surface area contributed by atoms with Crippen molar-refractivity contribution in [3.63, 3.8) is 0 Å². The highest BCUT2D eigenvalue weighted by molar-refractivity contribution is 6.71. The maximum Gasteiger partial charge on any atom is 0.417 e. The maximum absolute atomic E-state index is 10.8. The lowest BCUT2D eigenvalue weighted by Gasteiger charge is -2.16. The Hall–Kier alpha value is -0.553. The minimum Gasteiger partial charge on any atom is -0.503 e. The highest BCUT2D eigenvalue weighted by Crippen LogP contribution is 2.01. The topological polar surface area (TPSA) is 47.6 Å². The van der Waals surface area contributed by atoms with Gasteiger partial charge in [0.15, 0.2) is 0 Å². The minimum absolute atomic E-state index is 0.445. The van der Waals surface area contributed by atoms with E-state index in [4.69, 9.17) is 4.43 Å². The lowest BCUT2D eigenvalue weighted by molar-refractivity contribution is 0.0526. The van der Waals surface area contributed by atoms with Crippen LogP contribution in [0.15, 0.2) is 0 Å². The Labute approximate surface area is 68.0 Å². The summed E-state index contributed by atoms with van der Waals surface area (Å²) in [7, 11) is -1.76. The third-order valence-corrected chi connectivity index (χ3v) is 1.50. The number of rotatable bonds is 3. The smallest absolute Gasteiger partial charge is 0.417 e. The van der Waals surface area contributed by atoms with Gasteiger partial charge in [-0.05, 0) is 26.6 Å². The van der Waals surface area contributed by atoms with Crippen molar-refractivity contribution in [1.82, 2.24) is 5.48 Å². The Bertz CT molecular complexity index is 132. The summed E-state index contributed by atoms with van der Waals surface area (Å²) in [5.74, 6) is 0. The predicted molar refractivity (Wildman–Crippen MR) is 44.6 cm³/mol. The van der Waals surface area contributed by atoms with Crippen molar-refractivity contribution < 1.29 is 14.1 Å². The Kier molecular flexibility index (Phi) is 4.13. The second-order valence-corrected chi connectivity index (χ2v) is 7.47. The van der Waals surface area contributed by atoms with Crippen molar-refractivity contribution in [3.05, 3.63) is 0 Å². The number of amides is 1. The molecule has 0 aliphatic rings. The number of hydrogen-bond donors (Lipinski definition) is 1. The van der Waals surface area contributed by atoms with Gasteiger partial charge in [0.1, 0.15) is 0 Å². The van der Waals surface area contributed by atoms with E-state index in [0.717, 1.165) is 0 Å². The Balaban J connectivity index is 3.53. The van der Waals surface area contributed by atoms with Gasteiger partial charge in [0, 0.05) is 0 Å². The summed E-state index contributed by atoms with van der Waals surface area (Å²) in [6.45, 7) is 8.02. The van der Waals surface area contributed by atoms with Crippen LogP contribution in [0.1, 0.15) is 6.92 Å². The molecule has 0 aromatic heterocycles. The van der Waals surface area contributed by atoms with Crippen LogP contribution in [0.3, 0.4) is 0 Å². The first-order valence-corrected chi connectivity index (χ1v) is 6.97. The van der Waals surface area contributed by atoms with Gasteiger partial charge in [0.25, 0.3) is 0 Å². The Morgan fingerprint density at radius 3 is 2.36 bits per heavy atom. The van der Waals surface area contributed by atoms with Gasteiger partial charge in [-0.3, -0.25) is 4.84 Å². The van der Waals surface area contributed by atoms with E-state index in [0.29, 0.717) is 6.61 Å². The molecule has 0 heterocycles. The minimum atomic E-state index is -1.76. The summed E-state index contributed by atoms with van der Waals surface area (Å²) in [5, 5.41) is 0. The molecule has 0 atom stereocenters. The molecule has 1 N–H and O–H groups in total. The van der Waals surface area contributed by atoms with Gasteiger partial charge in [-0.1, -0.05) is 0 Å². The molecular formula is C6H15NO3Si. The third kappa shape index (κ3) is 7.34. The number of hydrogen-bond acceptors (Lipinski definition) is 3. The van der Waals surface area contributed by atoms with Gasteiger partial charge in [-0.25, -0.2) is 10.3 Å². The standard InChI is InChI=1S/C6H15NO3Si/c1-5-9-7-6(8)10-11(2,3)4/h5H2,1-4H3,(H,7,8). The highest BCUT2D eigenvalue weighted by atomic mass is 28.4. The first-order valence-electron chi connectivity index (χ1n) is 3.56. The normalized spacial score (nSPS) is 10.9. The van der Waals surface area contributed by atoms with E-state index in [9.17, 15) is 4.79 Å². The van der Waals surface area contributed by atoms with Crippen molar-refractivity contribution >= 4 is 14.4 Å². The molecule has 0 fully saturated rings. The van der Waals surface area contributed by atoms with Crippen molar-refractivity contribution in [2.75, 3.05) is 6.61 Å². The molecule has 11 heavy (non-hydrogen) atoms. The molecule has 0 aromatic rings. The van der Waals surface area contributed by atoms with Crippen LogP contribution in [0.2, 0.25) is 19.6 Å². The van der Waals surface area contributed by atoms with E-state index >= 15 is 0 Å². The van der Waals surface area contributed by atoms with E-state index in [-0.39, 0.29) is 0 Å². The second kappa shape index (κ2) is 4.35. The molecule has 0 aromatic carbocycles. The molecule has 0 bridgehead atoms. The highest BCUT2D eigenvalue weighted by Gasteiger charge is 2.19. The largest absolute Gasteiger partial charge is 0.503 e. The van der Waals surface area contributed by atoms with Crippen LogP contribution in [0, 0.1) is 0 Å². The average Bonchev–Trinajstić information content (AvgIpc) is 1.79. The summed E-state index contributed by atoms with van der Waals surface area (Å²) < 4.78 is 5.00. The van der Waals surface area contributed by atoms with Crippen LogP contribution >= 0.6 is 0 Å². The van der Waals surface area contributed by atoms with Crippen molar-refractivity contribution in [2.45, 2.75) is 26.6 Å². The zero-order chi connectivity index (χ0) is 8.91. The van der Waals surface area contributed by atoms with E-state index in [1.807, 2.05) is 19.6 Å². The molecule has 5 heteroatoms. The fraction of sp³-hybridized carbons (Fsp3) is 0.833. The van der Waals surface area contributed by atoms with Crippen LogP contribution in [-0.2, 0) is 9.26 Å². The van der Waals surface area contributed by atoms with Crippen LogP contribution in [-0.4, -0.2) is 21.0 Å². The Morgan fingerprint density at radius 1 is 1.45 bits per heavy atom. The molecule has 0 aliphatic carbocycles. The summed E-state index contributed by atoms with van der Waals surface area (Å²) in [6.07, 6.45) is -0.494. The first-order chi connectivity index (χ1) is 4.95. The summed E-state index contributed by atoms with van der Waals surface area (Å²) in [5.41, 5.74) is 2.16. The summed E-state index contributed by atoms with van der Waals surface area (Å²) in [4.78, 5) is 15.4. The van der Waals surface area contributed by atoms with E-state index < -0.39 is 14.4 Å². The quantitative estimate of drug-likeness (QED) is 0.525. The molecular weight excluding hydrogens is 162 g/mol. The lowest BCUT2D eigenvalue weighted by atomic mass is 10.9. The molecule has 0 radical (unpaired) electrons. The summed E-state index contributed by atoms with van der Waals surface area (Å²) in [6, 6.07) is 0. The van der Waals surface area contributed by atoms with Crippen LogP contribution < -0.4 is 5.48 Å². The van der Waals surface area contributed by atoms with Gasteiger partial charge >= 0.3 is 6.09 Å². The van der Waals surface area contributed by atoms with Crippen LogP contribution in [0.5, 0.6) is 0 Å². The predicted octanol–water partition coefficient (Wildman–Crippen LogP) is 1.50. The first kappa shape index (κ1) is 10.4. The van der Waals surface area contributed by atoms with Crippen LogP contribution in [0.25, 0.3) is 0 Å². The molecule has 1 amide bonds. The van der Waals surface area contributed by atoms with Gasteiger partial charge in [-0.15, -0.1) is 0 Å². The number of hydroxylamine groups is 1. The molecule has 0 saturated heterocycles. The lowest BCUT2D eigenvalue weighted by Crippen LogP contribution is -2.35. The maximum atomic E-state index is 10.8.